The summed E-state index contributed by atoms with van der Waals surface area (Å²) in [6.07, 6.45) is 0.852. The van der Waals surface area contributed by atoms with Gasteiger partial charge in [0.25, 0.3) is 0 Å². The number of carbonyl (C=O) groups excluding carboxylic acids is 2. The molecule has 0 radical (unpaired) electrons. The summed E-state index contributed by atoms with van der Waals surface area (Å²) in [6, 6.07) is 26.6. The lowest BCUT2D eigenvalue weighted by Gasteiger charge is -2.43. The predicted molar refractivity (Wildman–Crippen MR) is 211 cm³/mol. The third-order valence-electron chi connectivity index (χ3n) is 9.58. The Morgan fingerprint density at radius 1 is 0.556 bits per heavy atom. The summed E-state index contributed by atoms with van der Waals surface area (Å²) in [5.74, 6) is 0.818. The highest BCUT2D eigenvalue weighted by Gasteiger charge is 2.44. The molecule has 1 aliphatic carbocycles. The number of esters is 2. The smallest absolute Gasteiger partial charge is 0.333 e. The second-order valence-corrected chi connectivity index (χ2v) is 13.9. The van der Waals surface area contributed by atoms with Gasteiger partial charge in [-0.2, -0.15) is 0 Å². The van der Waals surface area contributed by atoms with Gasteiger partial charge >= 0.3 is 11.9 Å². The van der Waals surface area contributed by atoms with E-state index in [0.717, 1.165) is 51.3 Å². The van der Waals surface area contributed by atoms with E-state index in [2.05, 4.69) is 114 Å². The van der Waals surface area contributed by atoms with E-state index < -0.39 is 17.4 Å². The molecule has 4 aromatic rings. The van der Waals surface area contributed by atoms with Crippen LogP contribution in [0.5, 0.6) is 11.5 Å². The van der Waals surface area contributed by atoms with Gasteiger partial charge in [-0.25, -0.2) is 9.59 Å². The number of carbonyl (C=O) groups is 2. The maximum atomic E-state index is 11.6. The van der Waals surface area contributed by atoms with Crippen LogP contribution in [0, 0.1) is 27.7 Å². The van der Waals surface area contributed by atoms with Crippen LogP contribution in [0.15, 0.2) is 97.1 Å². The number of ether oxygens (including phenoxy) is 6. The first-order chi connectivity index (χ1) is 25.9. The van der Waals surface area contributed by atoms with Crippen molar-refractivity contribution in [3.05, 3.63) is 153 Å². The third kappa shape index (κ3) is 8.95. The van der Waals surface area contributed by atoms with Crippen LogP contribution in [0.25, 0.3) is 0 Å². The monoisotopic (exact) mass is 732 g/mol. The first-order valence-electron chi connectivity index (χ1n) is 18.4. The van der Waals surface area contributed by atoms with E-state index in [0.29, 0.717) is 37.6 Å². The second kappa shape index (κ2) is 18.2. The van der Waals surface area contributed by atoms with Gasteiger partial charge in [0, 0.05) is 11.1 Å². The SMILES string of the molecule is C=C(C)C(=O)OCCOCCOc1c(C)cc(C2(c3cc(C)c(OCCOCCOC(=O)C(=C)C)c(C)c3)c3ccccc3Cc3ccccc32)cc1C. The normalized spacial score (nSPS) is 12.6. The van der Waals surface area contributed by atoms with E-state index in [1.54, 1.807) is 13.8 Å². The van der Waals surface area contributed by atoms with Gasteiger partial charge in [0.05, 0.1) is 31.8 Å². The van der Waals surface area contributed by atoms with E-state index in [-0.39, 0.29) is 26.4 Å². The fourth-order valence-corrected chi connectivity index (χ4v) is 7.25. The van der Waals surface area contributed by atoms with Gasteiger partial charge in [-0.1, -0.05) is 86.0 Å². The lowest BCUT2D eigenvalue weighted by Crippen LogP contribution is -2.36. The first-order valence-corrected chi connectivity index (χ1v) is 18.4. The van der Waals surface area contributed by atoms with Gasteiger partial charge in [-0.3, -0.25) is 0 Å². The topological polar surface area (TPSA) is 89.5 Å². The van der Waals surface area contributed by atoms with Gasteiger partial charge in [0.1, 0.15) is 37.9 Å². The van der Waals surface area contributed by atoms with Crippen LogP contribution in [0.1, 0.15) is 69.5 Å². The van der Waals surface area contributed by atoms with Gasteiger partial charge in [-0.15, -0.1) is 0 Å². The van der Waals surface area contributed by atoms with Crippen LogP contribution in [-0.2, 0) is 40.4 Å². The molecule has 284 valence electrons. The molecule has 0 amide bonds. The molecule has 0 saturated heterocycles. The molecule has 0 aliphatic heterocycles. The molecule has 0 N–H and O–H groups in total. The Morgan fingerprint density at radius 3 is 1.28 bits per heavy atom. The van der Waals surface area contributed by atoms with Crippen LogP contribution in [0.2, 0.25) is 0 Å². The van der Waals surface area contributed by atoms with Crippen molar-refractivity contribution in [2.45, 2.75) is 53.4 Å². The minimum atomic E-state index is -0.609. The Balaban J connectivity index is 1.43. The van der Waals surface area contributed by atoms with E-state index in [1.165, 1.54) is 22.3 Å². The molecular weight excluding hydrogens is 680 g/mol. The van der Waals surface area contributed by atoms with E-state index in [9.17, 15) is 9.59 Å². The second-order valence-electron chi connectivity index (χ2n) is 13.9. The average molecular weight is 733 g/mol. The molecule has 0 aromatic heterocycles. The molecule has 5 rings (SSSR count). The first kappa shape index (κ1) is 40.0. The maximum Gasteiger partial charge on any atom is 0.333 e. The zero-order valence-corrected chi connectivity index (χ0v) is 32.5. The molecule has 0 atom stereocenters. The molecule has 0 fully saturated rings. The number of hydrogen-bond donors (Lipinski definition) is 0. The molecule has 0 unspecified atom stereocenters. The van der Waals surface area contributed by atoms with E-state index >= 15 is 0 Å². The standard InChI is InChI=1S/C46H52O8/c1-30(2)44(47)53-23-19-49-17-21-51-42-32(5)25-38(26-33(42)6)46(40-15-11-9-13-36(40)29-37-14-10-12-16-41(37)46)39-27-34(7)43(35(8)28-39)52-22-18-50-20-24-54-45(48)31(3)4/h9-16,25-28H,1,3,17-24,29H2,2,4-8H3. The maximum absolute atomic E-state index is 11.6. The van der Waals surface area contributed by atoms with E-state index in [1.807, 2.05) is 0 Å². The lowest BCUT2D eigenvalue weighted by atomic mass is 9.59. The lowest BCUT2D eigenvalue weighted by molar-refractivity contribution is -0.141. The number of aryl methyl sites for hydroxylation is 4. The van der Waals surface area contributed by atoms with Crippen molar-refractivity contribution in [1.29, 1.82) is 0 Å². The highest BCUT2D eigenvalue weighted by Crippen LogP contribution is 2.52. The molecule has 1 aliphatic rings. The van der Waals surface area contributed by atoms with Crippen molar-refractivity contribution in [3.8, 4) is 11.5 Å². The molecule has 8 heteroatoms. The largest absolute Gasteiger partial charge is 0.491 e. The van der Waals surface area contributed by atoms with Crippen LogP contribution in [0.3, 0.4) is 0 Å². The summed E-state index contributed by atoms with van der Waals surface area (Å²) in [7, 11) is 0. The zero-order chi connectivity index (χ0) is 38.8. The van der Waals surface area contributed by atoms with Crippen molar-refractivity contribution >= 4 is 11.9 Å². The van der Waals surface area contributed by atoms with Gasteiger partial charge in [-0.05, 0) is 104 Å². The summed E-state index contributed by atoms with van der Waals surface area (Å²) in [5.41, 5.74) is 11.7. The fourth-order valence-electron chi connectivity index (χ4n) is 7.25. The number of fused-ring (bicyclic) bond motifs is 2. The minimum absolute atomic E-state index is 0.167. The van der Waals surface area contributed by atoms with Gasteiger partial charge < -0.3 is 28.4 Å². The van der Waals surface area contributed by atoms with Crippen molar-refractivity contribution in [2.24, 2.45) is 0 Å². The highest BCUT2D eigenvalue weighted by atomic mass is 16.6. The molecule has 8 nitrogen and oxygen atoms in total. The number of rotatable bonds is 18. The van der Waals surface area contributed by atoms with Crippen molar-refractivity contribution in [3.63, 3.8) is 0 Å². The minimum Gasteiger partial charge on any atom is -0.491 e. The molecule has 4 aromatic carbocycles. The molecule has 0 heterocycles. The third-order valence-corrected chi connectivity index (χ3v) is 9.58. The van der Waals surface area contributed by atoms with E-state index in [4.69, 9.17) is 28.4 Å². The van der Waals surface area contributed by atoms with Crippen LogP contribution in [0.4, 0.5) is 0 Å². The van der Waals surface area contributed by atoms with Crippen LogP contribution < -0.4 is 9.47 Å². The summed E-state index contributed by atoms with van der Waals surface area (Å²) in [5, 5.41) is 0. The molecule has 0 saturated carbocycles. The van der Waals surface area contributed by atoms with Crippen LogP contribution in [-0.4, -0.2) is 64.8 Å². The number of hydrogen-bond acceptors (Lipinski definition) is 8. The molecule has 0 bridgehead atoms. The highest BCUT2D eigenvalue weighted by molar-refractivity contribution is 5.87. The van der Waals surface area contributed by atoms with Gasteiger partial charge in [0.15, 0.2) is 0 Å². The predicted octanol–water partition coefficient (Wildman–Crippen LogP) is 8.24. The summed E-state index contributed by atoms with van der Waals surface area (Å²) in [4.78, 5) is 23.2. The molecular formula is C46H52O8. The van der Waals surface area contributed by atoms with Crippen molar-refractivity contribution in [2.75, 3.05) is 52.9 Å². The quantitative estimate of drug-likeness (QED) is 0.0506. The van der Waals surface area contributed by atoms with Crippen LogP contribution >= 0.6 is 0 Å². The Kier molecular flexibility index (Phi) is 13.5. The summed E-state index contributed by atoms with van der Waals surface area (Å²) >= 11 is 0. The Labute approximate surface area is 319 Å². The molecule has 54 heavy (non-hydrogen) atoms. The molecule has 0 spiro atoms. The Hall–Kier alpha value is -5.18. The zero-order valence-electron chi connectivity index (χ0n) is 32.5. The van der Waals surface area contributed by atoms with Gasteiger partial charge in [0.2, 0.25) is 0 Å². The fraction of sp³-hybridized carbons (Fsp3) is 0.348. The summed E-state index contributed by atoms with van der Waals surface area (Å²) in [6.45, 7) is 21.1. The van der Waals surface area contributed by atoms with Crippen molar-refractivity contribution in [1.82, 2.24) is 0 Å². The summed E-state index contributed by atoms with van der Waals surface area (Å²) < 4.78 is 34.1. The number of benzene rings is 4. The Morgan fingerprint density at radius 2 is 0.907 bits per heavy atom. The Bertz CT molecular complexity index is 1820. The average Bonchev–Trinajstić information content (AvgIpc) is 3.14. The van der Waals surface area contributed by atoms with Crippen molar-refractivity contribution < 1.29 is 38.0 Å².